The molecule has 0 heteroatoms. The van der Waals surface area contributed by atoms with E-state index in [1.807, 2.05) is 5.57 Å². The van der Waals surface area contributed by atoms with Gasteiger partial charge in [-0.1, -0.05) is 92.2 Å². The molecule has 0 aromatic carbocycles. The van der Waals surface area contributed by atoms with Crippen LogP contribution in [0.2, 0.25) is 0 Å². The van der Waals surface area contributed by atoms with Crippen LogP contribution in [0.3, 0.4) is 0 Å². The SMILES string of the molecule is CCCCCC(C1=CC(C)CC(C)C1C)C(CC)CCC(C)C. The van der Waals surface area contributed by atoms with Crippen LogP contribution < -0.4 is 0 Å². The van der Waals surface area contributed by atoms with E-state index in [0.717, 1.165) is 35.5 Å². The van der Waals surface area contributed by atoms with Gasteiger partial charge < -0.3 is 0 Å². The first-order chi connectivity index (χ1) is 10.9. The number of rotatable bonds is 10. The van der Waals surface area contributed by atoms with E-state index in [1.54, 1.807) is 0 Å². The third-order valence-electron chi connectivity index (χ3n) is 6.35. The molecule has 0 heterocycles. The molecule has 0 bridgehead atoms. The van der Waals surface area contributed by atoms with E-state index in [-0.39, 0.29) is 0 Å². The monoisotopic (exact) mass is 320 g/mol. The maximum Gasteiger partial charge on any atom is -0.0172 e. The van der Waals surface area contributed by atoms with Crippen molar-refractivity contribution in [2.75, 3.05) is 0 Å². The minimum Gasteiger partial charge on any atom is -0.0819 e. The molecule has 0 aliphatic heterocycles. The number of unbranched alkanes of at least 4 members (excludes halogenated alkanes) is 2. The summed E-state index contributed by atoms with van der Waals surface area (Å²) in [6, 6.07) is 0. The van der Waals surface area contributed by atoms with E-state index in [0.29, 0.717) is 0 Å². The molecule has 23 heavy (non-hydrogen) atoms. The van der Waals surface area contributed by atoms with Gasteiger partial charge in [0.25, 0.3) is 0 Å². The van der Waals surface area contributed by atoms with Crippen LogP contribution in [0.15, 0.2) is 11.6 Å². The zero-order valence-electron chi connectivity index (χ0n) is 17.2. The summed E-state index contributed by atoms with van der Waals surface area (Å²) < 4.78 is 0. The molecule has 0 fully saturated rings. The van der Waals surface area contributed by atoms with Crippen LogP contribution in [0.4, 0.5) is 0 Å². The molecule has 0 nitrogen and oxygen atoms in total. The van der Waals surface area contributed by atoms with Crippen molar-refractivity contribution >= 4 is 0 Å². The molecule has 0 saturated heterocycles. The minimum absolute atomic E-state index is 0.785. The number of hydrogen-bond donors (Lipinski definition) is 0. The lowest BCUT2D eigenvalue weighted by Crippen LogP contribution is -2.28. The van der Waals surface area contributed by atoms with Gasteiger partial charge in [0.2, 0.25) is 0 Å². The first-order valence-electron chi connectivity index (χ1n) is 10.6. The number of allylic oxidation sites excluding steroid dienone is 2. The summed E-state index contributed by atoms with van der Waals surface area (Å²) in [7, 11) is 0. The van der Waals surface area contributed by atoms with Crippen LogP contribution >= 0.6 is 0 Å². The second-order valence-electron chi connectivity index (χ2n) is 8.89. The van der Waals surface area contributed by atoms with E-state index in [9.17, 15) is 0 Å². The predicted molar refractivity (Wildman–Crippen MR) is 106 cm³/mol. The Morgan fingerprint density at radius 2 is 1.70 bits per heavy atom. The van der Waals surface area contributed by atoms with Crippen LogP contribution in [-0.2, 0) is 0 Å². The molecule has 0 N–H and O–H groups in total. The fraction of sp³-hybridized carbons (Fsp3) is 0.913. The summed E-state index contributed by atoms with van der Waals surface area (Å²) in [4.78, 5) is 0. The Bertz CT molecular complexity index is 338. The minimum atomic E-state index is 0.785. The molecule has 0 amide bonds. The average molecular weight is 321 g/mol. The van der Waals surface area contributed by atoms with E-state index >= 15 is 0 Å². The molecule has 1 aliphatic carbocycles. The molecule has 1 aliphatic rings. The molecule has 5 unspecified atom stereocenters. The molecule has 0 spiro atoms. The standard InChI is InChI=1S/C23H44/c1-8-10-11-12-22(21(9-2)14-13-17(3)4)23-16-18(5)15-19(6)20(23)7/h16-22H,8-15H2,1-7H3. The van der Waals surface area contributed by atoms with Crippen molar-refractivity contribution < 1.29 is 0 Å². The van der Waals surface area contributed by atoms with Gasteiger partial charge in [0.15, 0.2) is 0 Å². The summed E-state index contributed by atoms with van der Waals surface area (Å²) in [5, 5.41) is 0. The van der Waals surface area contributed by atoms with Crippen LogP contribution in [0, 0.1) is 35.5 Å². The fourth-order valence-electron chi connectivity index (χ4n) is 4.65. The van der Waals surface area contributed by atoms with Crippen LogP contribution in [0.5, 0.6) is 0 Å². The molecule has 136 valence electrons. The van der Waals surface area contributed by atoms with Gasteiger partial charge in [0.1, 0.15) is 0 Å². The lowest BCUT2D eigenvalue weighted by molar-refractivity contribution is 0.244. The lowest BCUT2D eigenvalue weighted by atomic mass is 9.67. The highest BCUT2D eigenvalue weighted by Gasteiger charge is 2.32. The third-order valence-corrected chi connectivity index (χ3v) is 6.35. The van der Waals surface area contributed by atoms with Crippen molar-refractivity contribution in [2.24, 2.45) is 35.5 Å². The van der Waals surface area contributed by atoms with Crippen LogP contribution in [-0.4, -0.2) is 0 Å². The smallest absolute Gasteiger partial charge is 0.0172 e. The van der Waals surface area contributed by atoms with Crippen LogP contribution in [0.1, 0.15) is 99.8 Å². The summed E-state index contributed by atoms with van der Waals surface area (Å²) in [6.45, 7) is 16.9. The van der Waals surface area contributed by atoms with Crippen molar-refractivity contribution in [1.82, 2.24) is 0 Å². The number of hydrogen-bond acceptors (Lipinski definition) is 0. The third kappa shape index (κ3) is 6.63. The van der Waals surface area contributed by atoms with Gasteiger partial charge >= 0.3 is 0 Å². The Morgan fingerprint density at radius 1 is 1.00 bits per heavy atom. The normalized spacial score (nSPS) is 27.8. The highest BCUT2D eigenvalue weighted by atomic mass is 14.4. The molecule has 0 aromatic rings. The topological polar surface area (TPSA) is 0 Å². The van der Waals surface area contributed by atoms with Gasteiger partial charge in [0.05, 0.1) is 0 Å². The summed E-state index contributed by atoms with van der Waals surface area (Å²) in [6.07, 6.45) is 13.9. The van der Waals surface area contributed by atoms with Crippen molar-refractivity contribution in [3.05, 3.63) is 11.6 Å². The fourth-order valence-corrected chi connectivity index (χ4v) is 4.65. The second-order valence-corrected chi connectivity index (χ2v) is 8.89. The molecule has 0 saturated carbocycles. The maximum atomic E-state index is 2.68. The molecule has 0 radical (unpaired) electrons. The zero-order valence-corrected chi connectivity index (χ0v) is 17.2. The van der Waals surface area contributed by atoms with Crippen molar-refractivity contribution in [3.63, 3.8) is 0 Å². The van der Waals surface area contributed by atoms with E-state index in [4.69, 9.17) is 0 Å². The average Bonchev–Trinajstić information content (AvgIpc) is 2.49. The Balaban J connectivity index is 2.92. The van der Waals surface area contributed by atoms with Crippen molar-refractivity contribution in [3.8, 4) is 0 Å². The van der Waals surface area contributed by atoms with Gasteiger partial charge in [-0.25, -0.2) is 0 Å². The van der Waals surface area contributed by atoms with Crippen molar-refractivity contribution in [2.45, 2.75) is 99.8 Å². The highest BCUT2D eigenvalue weighted by Crippen LogP contribution is 2.43. The summed E-state index contributed by atoms with van der Waals surface area (Å²) in [5.41, 5.74) is 1.84. The summed E-state index contributed by atoms with van der Waals surface area (Å²) in [5.74, 6) is 5.04. The Morgan fingerprint density at radius 3 is 2.26 bits per heavy atom. The van der Waals surface area contributed by atoms with Gasteiger partial charge in [-0.15, -0.1) is 0 Å². The van der Waals surface area contributed by atoms with Gasteiger partial charge in [-0.3, -0.25) is 0 Å². The van der Waals surface area contributed by atoms with Gasteiger partial charge in [0, 0.05) is 0 Å². The molecule has 5 atom stereocenters. The van der Waals surface area contributed by atoms with E-state index in [2.05, 4.69) is 54.5 Å². The first kappa shape index (κ1) is 20.8. The quantitative estimate of drug-likeness (QED) is 0.283. The van der Waals surface area contributed by atoms with Crippen molar-refractivity contribution in [1.29, 1.82) is 0 Å². The maximum absolute atomic E-state index is 2.68. The van der Waals surface area contributed by atoms with E-state index < -0.39 is 0 Å². The first-order valence-corrected chi connectivity index (χ1v) is 10.6. The molecular formula is C23H44. The molecule has 0 aromatic heterocycles. The van der Waals surface area contributed by atoms with Gasteiger partial charge in [-0.2, -0.15) is 0 Å². The Hall–Kier alpha value is -0.260. The second kappa shape index (κ2) is 10.6. The van der Waals surface area contributed by atoms with E-state index in [1.165, 1.54) is 51.4 Å². The molecular weight excluding hydrogens is 276 g/mol. The Kier molecular flexibility index (Phi) is 9.55. The molecule has 1 rings (SSSR count). The van der Waals surface area contributed by atoms with Gasteiger partial charge in [-0.05, 0) is 54.8 Å². The predicted octanol–water partition coefficient (Wildman–Crippen LogP) is 7.88. The zero-order chi connectivity index (χ0) is 17.4. The van der Waals surface area contributed by atoms with Crippen LogP contribution in [0.25, 0.3) is 0 Å². The summed E-state index contributed by atoms with van der Waals surface area (Å²) >= 11 is 0. The Labute approximate surface area is 147 Å². The lowest BCUT2D eigenvalue weighted by Gasteiger charge is -2.39. The highest BCUT2D eigenvalue weighted by molar-refractivity contribution is 5.17. The largest absolute Gasteiger partial charge is 0.0819 e.